The molecule has 0 radical (unpaired) electrons. The van der Waals surface area contributed by atoms with Gasteiger partial charge in [-0.15, -0.1) is 0 Å². The molecule has 0 bridgehead atoms. The summed E-state index contributed by atoms with van der Waals surface area (Å²) >= 11 is 0. The van der Waals surface area contributed by atoms with E-state index in [1.54, 1.807) is 24.0 Å². The first-order valence-electron chi connectivity index (χ1n) is 7.02. The molecular formula is C15H21N3O3. The van der Waals surface area contributed by atoms with Crippen LogP contribution in [0.4, 0.5) is 5.69 Å². The number of nitrogen functional groups attached to an aromatic ring is 1. The Kier molecular flexibility index (Phi) is 4.47. The Labute approximate surface area is 124 Å². The van der Waals surface area contributed by atoms with Crippen molar-refractivity contribution in [1.29, 1.82) is 0 Å². The molecule has 1 aromatic rings. The molecule has 1 atom stereocenters. The summed E-state index contributed by atoms with van der Waals surface area (Å²) in [7, 11) is 0. The van der Waals surface area contributed by atoms with Gasteiger partial charge in [0.05, 0.1) is 0 Å². The fourth-order valence-electron chi connectivity index (χ4n) is 2.42. The quantitative estimate of drug-likeness (QED) is 0.805. The molecule has 0 spiro atoms. The minimum Gasteiger partial charge on any atom is -0.480 e. The predicted molar refractivity (Wildman–Crippen MR) is 80.2 cm³/mol. The van der Waals surface area contributed by atoms with Crippen LogP contribution in [0.25, 0.3) is 0 Å². The number of nitrogens with zero attached hydrogens (tertiary/aromatic N) is 2. The van der Waals surface area contributed by atoms with E-state index in [0.717, 1.165) is 5.56 Å². The monoisotopic (exact) mass is 291 g/mol. The largest absolute Gasteiger partial charge is 0.480 e. The van der Waals surface area contributed by atoms with E-state index in [1.165, 1.54) is 0 Å². The molecule has 2 rings (SSSR count). The van der Waals surface area contributed by atoms with Crippen molar-refractivity contribution in [2.45, 2.75) is 19.9 Å². The van der Waals surface area contributed by atoms with E-state index in [-0.39, 0.29) is 5.91 Å². The summed E-state index contributed by atoms with van der Waals surface area (Å²) in [5.74, 6) is -0.884. The maximum absolute atomic E-state index is 12.4. The molecule has 1 unspecified atom stereocenters. The lowest BCUT2D eigenvalue weighted by Gasteiger charge is -2.36. The zero-order valence-electron chi connectivity index (χ0n) is 12.4. The number of carbonyl (C=O) groups excluding carboxylic acids is 1. The number of benzene rings is 1. The van der Waals surface area contributed by atoms with Crippen molar-refractivity contribution < 1.29 is 14.7 Å². The van der Waals surface area contributed by atoms with Crippen LogP contribution < -0.4 is 5.73 Å². The standard InChI is InChI=1S/C15H21N3O3/c1-10-3-4-12(9-13(10)16)14(19)18-7-5-17(6-8-18)11(2)15(20)21/h3-4,9,11H,5-8,16H2,1-2H3,(H,20,21). The van der Waals surface area contributed by atoms with E-state index in [1.807, 2.05) is 17.9 Å². The van der Waals surface area contributed by atoms with Crippen molar-refractivity contribution in [2.75, 3.05) is 31.9 Å². The maximum atomic E-state index is 12.4. The number of amides is 1. The van der Waals surface area contributed by atoms with E-state index in [4.69, 9.17) is 10.8 Å². The van der Waals surface area contributed by atoms with Crippen LogP contribution in [0.5, 0.6) is 0 Å². The topological polar surface area (TPSA) is 86.9 Å². The van der Waals surface area contributed by atoms with Gasteiger partial charge in [-0.2, -0.15) is 0 Å². The SMILES string of the molecule is Cc1ccc(C(=O)N2CCN(C(C)C(=O)O)CC2)cc1N. The van der Waals surface area contributed by atoms with Crippen LogP contribution in [0, 0.1) is 6.92 Å². The summed E-state index contributed by atoms with van der Waals surface area (Å²) in [6, 6.07) is 4.80. The Balaban J connectivity index is 2.00. The second kappa shape index (κ2) is 6.13. The summed E-state index contributed by atoms with van der Waals surface area (Å²) in [5, 5.41) is 9.01. The second-order valence-corrected chi connectivity index (χ2v) is 5.41. The Hall–Kier alpha value is -2.08. The zero-order chi connectivity index (χ0) is 15.6. The second-order valence-electron chi connectivity index (χ2n) is 5.41. The van der Waals surface area contributed by atoms with E-state index in [9.17, 15) is 9.59 Å². The number of nitrogens with two attached hydrogens (primary N) is 1. The summed E-state index contributed by atoms with van der Waals surface area (Å²) < 4.78 is 0. The third-order valence-electron chi connectivity index (χ3n) is 4.03. The van der Waals surface area contributed by atoms with E-state index >= 15 is 0 Å². The van der Waals surface area contributed by atoms with Crippen molar-refractivity contribution in [3.63, 3.8) is 0 Å². The molecule has 0 saturated carbocycles. The van der Waals surface area contributed by atoms with E-state index in [0.29, 0.717) is 37.4 Å². The first kappa shape index (κ1) is 15.3. The lowest BCUT2D eigenvalue weighted by molar-refractivity contribution is -0.143. The zero-order valence-corrected chi connectivity index (χ0v) is 12.4. The first-order valence-corrected chi connectivity index (χ1v) is 7.02. The number of carbonyl (C=O) groups is 2. The number of anilines is 1. The highest BCUT2D eigenvalue weighted by Gasteiger charge is 2.27. The number of hydrogen-bond donors (Lipinski definition) is 2. The third kappa shape index (κ3) is 3.33. The number of rotatable bonds is 3. The molecule has 1 fully saturated rings. The van der Waals surface area contributed by atoms with Crippen LogP contribution in [0.1, 0.15) is 22.8 Å². The van der Waals surface area contributed by atoms with Gasteiger partial charge in [0, 0.05) is 37.4 Å². The van der Waals surface area contributed by atoms with Gasteiger partial charge < -0.3 is 15.7 Å². The van der Waals surface area contributed by atoms with E-state index in [2.05, 4.69) is 0 Å². The highest BCUT2D eigenvalue weighted by Crippen LogP contribution is 2.16. The van der Waals surface area contributed by atoms with Crippen LogP contribution in [0.15, 0.2) is 18.2 Å². The number of aliphatic carboxylic acids is 1. The highest BCUT2D eigenvalue weighted by molar-refractivity contribution is 5.95. The minimum atomic E-state index is -0.832. The Morgan fingerprint density at radius 2 is 1.86 bits per heavy atom. The molecule has 1 aromatic carbocycles. The van der Waals surface area contributed by atoms with Crippen molar-refractivity contribution in [3.05, 3.63) is 29.3 Å². The van der Waals surface area contributed by atoms with Crippen molar-refractivity contribution in [3.8, 4) is 0 Å². The van der Waals surface area contributed by atoms with Gasteiger partial charge in [0.1, 0.15) is 6.04 Å². The molecule has 3 N–H and O–H groups in total. The number of piperazine rings is 1. The van der Waals surface area contributed by atoms with Gasteiger partial charge in [-0.05, 0) is 31.5 Å². The molecule has 0 aliphatic carbocycles. The summed E-state index contributed by atoms with van der Waals surface area (Å²) in [5.41, 5.74) is 7.98. The number of hydrogen-bond acceptors (Lipinski definition) is 4. The van der Waals surface area contributed by atoms with Crippen LogP contribution in [0.3, 0.4) is 0 Å². The van der Waals surface area contributed by atoms with Gasteiger partial charge >= 0.3 is 5.97 Å². The molecule has 1 heterocycles. The van der Waals surface area contributed by atoms with Crippen LogP contribution in [-0.2, 0) is 4.79 Å². The molecule has 0 aromatic heterocycles. The molecular weight excluding hydrogens is 270 g/mol. The van der Waals surface area contributed by atoms with Crippen molar-refractivity contribution >= 4 is 17.6 Å². The third-order valence-corrected chi connectivity index (χ3v) is 4.03. The number of aryl methyl sites for hydroxylation is 1. The summed E-state index contributed by atoms with van der Waals surface area (Å²) in [6.45, 7) is 5.77. The van der Waals surface area contributed by atoms with Gasteiger partial charge in [0.15, 0.2) is 0 Å². The van der Waals surface area contributed by atoms with Crippen LogP contribution in [-0.4, -0.2) is 59.0 Å². The molecule has 1 amide bonds. The molecule has 1 aliphatic rings. The summed E-state index contributed by atoms with van der Waals surface area (Å²) in [6.07, 6.45) is 0. The van der Waals surface area contributed by atoms with Gasteiger partial charge in [-0.3, -0.25) is 14.5 Å². The normalized spacial score (nSPS) is 17.5. The fraction of sp³-hybridized carbons (Fsp3) is 0.467. The Morgan fingerprint density at radius 3 is 2.38 bits per heavy atom. The van der Waals surface area contributed by atoms with Crippen molar-refractivity contribution in [1.82, 2.24) is 9.80 Å². The molecule has 114 valence electrons. The van der Waals surface area contributed by atoms with Gasteiger partial charge in [-0.25, -0.2) is 0 Å². The van der Waals surface area contributed by atoms with Crippen molar-refractivity contribution in [2.24, 2.45) is 0 Å². The number of carboxylic acids is 1. The maximum Gasteiger partial charge on any atom is 0.320 e. The minimum absolute atomic E-state index is 0.0515. The first-order chi connectivity index (χ1) is 9.90. The van der Waals surface area contributed by atoms with Gasteiger partial charge in [0.2, 0.25) is 0 Å². The lowest BCUT2D eigenvalue weighted by Crippen LogP contribution is -2.53. The van der Waals surface area contributed by atoms with Gasteiger partial charge in [-0.1, -0.05) is 6.07 Å². The average Bonchev–Trinajstić information content (AvgIpc) is 2.48. The van der Waals surface area contributed by atoms with Crippen LogP contribution >= 0.6 is 0 Å². The predicted octanol–water partition coefficient (Wildman–Crippen LogP) is 0.808. The molecule has 6 nitrogen and oxygen atoms in total. The highest BCUT2D eigenvalue weighted by atomic mass is 16.4. The average molecular weight is 291 g/mol. The molecule has 1 aliphatic heterocycles. The van der Waals surface area contributed by atoms with Crippen LogP contribution in [0.2, 0.25) is 0 Å². The molecule has 21 heavy (non-hydrogen) atoms. The smallest absolute Gasteiger partial charge is 0.320 e. The fourth-order valence-corrected chi connectivity index (χ4v) is 2.42. The Morgan fingerprint density at radius 1 is 1.24 bits per heavy atom. The van der Waals surface area contributed by atoms with Gasteiger partial charge in [0.25, 0.3) is 5.91 Å². The summed E-state index contributed by atoms with van der Waals surface area (Å²) in [4.78, 5) is 27.0. The molecule has 6 heteroatoms. The lowest BCUT2D eigenvalue weighted by atomic mass is 10.1. The molecule has 1 saturated heterocycles. The van der Waals surface area contributed by atoms with E-state index < -0.39 is 12.0 Å². The number of carboxylic acid groups (broad SMARTS) is 1. The Bertz CT molecular complexity index is 551.